The number of hydrogen-bond acceptors (Lipinski definition) is 11. The molecule has 5 amide bonds. The molecule has 1 aliphatic heterocycles. The molecule has 0 bridgehead atoms. The third-order valence-electron chi connectivity index (χ3n) is 8.44. The highest BCUT2D eigenvalue weighted by Gasteiger charge is 2.37. The summed E-state index contributed by atoms with van der Waals surface area (Å²) in [6.45, 7) is 0.0390. The van der Waals surface area contributed by atoms with Gasteiger partial charge in [0.2, 0.25) is 29.5 Å². The van der Waals surface area contributed by atoms with Gasteiger partial charge in [-0.25, -0.2) is 9.78 Å². The molecular formula is C33H47N9O10. The number of hydrogen-bond donors (Lipinski definition) is 10. The fourth-order valence-corrected chi connectivity index (χ4v) is 5.68. The molecule has 12 N–H and O–H groups in total. The number of benzene rings is 1. The molecule has 1 saturated heterocycles. The van der Waals surface area contributed by atoms with Crippen molar-refractivity contribution >= 4 is 41.5 Å². The Morgan fingerprint density at radius 2 is 1.62 bits per heavy atom. The second-order valence-electron chi connectivity index (χ2n) is 12.5. The summed E-state index contributed by atoms with van der Waals surface area (Å²) in [5.74, 6) is -6.19. The normalized spacial score (nSPS) is 16.2. The second-order valence-corrected chi connectivity index (χ2v) is 12.5. The lowest BCUT2D eigenvalue weighted by atomic mass is 10.0. The van der Waals surface area contributed by atoms with E-state index < -0.39 is 91.1 Å². The van der Waals surface area contributed by atoms with Crippen LogP contribution in [0.4, 0.5) is 0 Å². The minimum absolute atomic E-state index is 0.0364. The van der Waals surface area contributed by atoms with E-state index in [0.717, 1.165) is 0 Å². The number of aliphatic carboxylic acids is 2. The molecule has 1 fully saturated rings. The predicted molar refractivity (Wildman–Crippen MR) is 183 cm³/mol. The van der Waals surface area contributed by atoms with Crippen molar-refractivity contribution in [1.29, 1.82) is 0 Å². The van der Waals surface area contributed by atoms with E-state index in [1.54, 1.807) is 6.20 Å². The predicted octanol–water partition coefficient (Wildman–Crippen LogP) is -2.13. The van der Waals surface area contributed by atoms with Crippen LogP contribution in [0.25, 0.3) is 0 Å². The van der Waals surface area contributed by atoms with Crippen molar-refractivity contribution in [1.82, 2.24) is 36.1 Å². The SMILES string of the molecule is NCCCC[C@H](NC(=O)[C@H](Cc1ccc(O)cc1)NC(=O)CNC(=O)[C@@H]1CCCN1C(=O)[C@@H](N)Cc1cnc[nH]1)C(=O)N[C@@H](CCC(=O)O)C(=O)O. The molecule has 1 aliphatic rings. The molecule has 0 radical (unpaired) electrons. The van der Waals surface area contributed by atoms with Crippen LogP contribution in [0.1, 0.15) is 56.2 Å². The number of likely N-dealkylation sites (tertiary alicyclic amines) is 1. The standard InChI is InChI=1S/C33H47N9O10/c34-12-2-1-4-23(29(47)41-24(33(51)52)10-11-28(45)46)40-30(48)25(14-19-6-8-21(43)9-7-19)39-27(44)17-37-31(49)26-5-3-13-42(26)32(50)22(35)15-20-16-36-18-38-20/h6-9,16,18,22-26,43H,1-5,10-15,17,34-35H2,(H,36,38)(H,37,49)(H,39,44)(H,40,48)(H,41,47)(H,45,46)(H,51,52)/t22-,23-,24-,25-,26-/m0/s1. The van der Waals surface area contributed by atoms with Gasteiger partial charge in [0, 0.05) is 37.7 Å². The summed E-state index contributed by atoms with van der Waals surface area (Å²) in [6, 6.07) is -0.0651. The van der Waals surface area contributed by atoms with Crippen molar-refractivity contribution in [3.05, 3.63) is 48.0 Å². The number of aromatic nitrogens is 2. The van der Waals surface area contributed by atoms with Crippen LogP contribution in [0.2, 0.25) is 0 Å². The van der Waals surface area contributed by atoms with E-state index >= 15 is 0 Å². The van der Waals surface area contributed by atoms with Gasteiger partial charge >= 0.3 is 11.9 Å². The Bertz CT molecular complexity index is 1540. The highest BCUT2D eigenvalue weighted by atomic mass is 16.4. The van der Waals surface area contributed by atoms with Gasteiger partial charge in [0.25, 0.3) is 0 Å². The number of unbranched alkanes of at least 4 members (excludes halogenated alkanes) is 1. The number of carboxylic acids is 2. The monoisotopic (exact) mass is 729 g/mol. The van der Waals surface area contributed by atoms with Crippen LogP contribution in [0.5, 0.6) is 5.75 Å². The largest absolute Gasteiger partial charge is 0.508 e. The summed E-state index contributed by atoms with van der Waals surface area (Å²) in [5, 5.41) is 38.1. The van der Waals surface area contributed by atoms with Crippen molar-refractivity contribution < 1.29 is 48.9 Å². The summed E-state index contributed by atoms with van der Waals surface area (Å²) in [7, 11) is 0. The van der Waals surface area contributed by atoms with E-state index in [9.17, 15) is 43.8 Å². The number of nitrogens with two attached hydrogens (primary N) is 2. The van der Waals surface area contributed by atoms with Crippen LogP contribution in [0.3, 0.4) is 0 Å². The Morgan fingerprint density at radius 1 is 0.923 bits per heavy atom. The fourth-order valence-electron chi connectivity index (χ4n) is 5.68. The molecule has 0 spiro atoms. The number of nitrogens with zero attached hydrogens (tertiary/aromatic N) is 2. The van der Waals surface area contributed by atoms with E-state index in [1.807, 2.05) is 0 Å². The van der Waals surface area contributed by atoms with Crippen molar-refractivity contribution in [2.45, 2.75) is 88.0 Å². The van der Waals surface area contributed by atoms with Gasteiger partial charge in [-0.1, -0.05) is 12.1 Å². The lowest BCUT2D eigenvalue weighted by Crippen LogP contribution is -2.57. The molecule has 284 valence electrons. The molecule has 1 aromatic carbocycles. The zero-order valence-electron chi connectivity index (χ0n) is 28.6. The number of phenols is 1. The summed E-state index contributed by atoms with van der Waals surface area (Å²) in [4.78, 5) is 97.1. The molecule has 0 unspecified atom stereocenters. The first kappa shape index (κ1) is 40.9. The van der Waals surface area contributed by atoms with Gasteiger partial charge in [0.15, 0.2) is 0 Å². The Hall–Kier alpha value is -5.56. The van der Waals surface area contributed by atoms with Gasteiger partial charge in [0.1, 0.15) is 29.9 Å². The molecule has 5 atom stereocenters. The Balaban J connectivity index is 1.69. The smallest absolute Gasteiger partial charge is 0.326 e. The topological polar surface area (TPSA) is 312 Å². The quantitative estimate of drug-likeness (QED) is 0.0615. The van der Waals surface area contributed by atoms with E-state index in [2.05, 4.69) is 31.2 Å². The van der Waals surface area contributed by atoms with Gasteiger partial charge in [-0.3, -0.25) is 28.8 Å². The van der Waals surface area contributed by atoms with Crippen LogP contribution >= 0.6 is 0 Å². The van der Waals surface area contributed by atoms with Gasteiger partial charge < -0.3 is 57.9 Å². The second kappa shape index (κ2) is 20.3. The molecular weight excluding hydrogens is 682 g/mol. The van der Waals surface area contributed by atoms with Crippen molar-refractivity contribution in [3.63, 3.8) is 0 Å². The summed E-state index contributed by atoms with van der Waals surface area (Å²) >= 11 is 0. The molecule has 52 heavy (non-hydrogen) atoms. The number of H-pyrrole nitrogens is 1. The zero-order valence-corrected chi connectivity index (χ0v) is 28.6. The molecule has 3 rings (SSSR count). The first-order valence-corrected chi connectivity index (χ1v) is 16.9. The van der Waals surface area contributed by atoms with E-state index in [1.165, 1.54) is 35.5 Å². The van der Waals surface area contributed by atoms with Gasteiger partial charge in [-0.2, -0.15) is 0 Å². The number of imidazole rings is 1. The van der Waals surface area contributed by atoms with Crippen LogP contribution in [-0.4, -0.2) is 122 Å². The van der Waals surface area contributed by atoms with E-state index in [-0.39, 0.29) is 31.6 Å². The number of carbonyl (C=O) groups is 7. The number of rotatable bonds is 21. The maximum absolute atomic E-state index is 13.7. The molecule has 1 aromatic heterocycles. The molecule has 2 aromatic rings. The minimum atomic E-state index is -1.54. The van der Waals surface area contributed by atoms with Crippen LogP contribution in [0.15, 0.2) is 36.8 Å². The Kier molecular flexibility index (Phi) is 16.0. The third-order valence-corrected chi connectivity index (χ3v) is 8.44. The van der Waals surface area contributed by atoms with E-state index in [4.69, 9.17) is 16.6 Å². The van der Waals surface area contributed by atoms with Crippen molar-refractivity contribution in [2.24, 2.45) is 11.5 Å². The lowest BCUT2D eigenvalue weighted by molar-refractivity contribution is -0.143. The van der Waals surface area contributed by atoms with Crippen molar-refractivity contribution in [3.8, 4) is 5.75 Å². The Labute approximate surface area is 299 Å². The van der Waals surface area contributed by atoms with Crippen LogP contribution in [-0.2, 0) is 46.4 Å². The van der Waals surface area contributed by atoms with Gasteiger partial charge in [0.05, 0.1) is 18.9 Å². The lowest BCUT2D eigenvalue weighted by Gasteiger charge is -2.27. The Morgan fingerprint density at radius 3 is 2.25 bits per heavy atom. The number of aromatic amines is 1. The van der Waals surface area contributed by atoms with E-state index in [0.29, 0.717) is 43.5 Å². The highest BCUT2D eigenvalue weighted by Crippen LogP contribution is 2.19. The minimum Gasteiger partial charge on any atom is -0.508 e. The average molecular weight is 730 g/mol. The fraction of sp³-hybridized carbons (Fsp3) is 0.515. The number of nitrogens with one attached hydrogen (secondary N) is 5. The summed E-state index contributed by atoms with van der Waals surface area (Å²) in [5.41, 5.74) is 12.9. The third kappa shape index (κ3) is 13.0. The maximum Gasteiger partial charge on any atom is 0.326 e. The zero-order chi connectivity index (χ0) is 38.2. The first-order valence-electron chi connectivity index (χ1n) is 16.9. The number of carbonyl (C=O) groups excluding carboxylic acids is 5. The van der Waals surface area contributed by atoms with Gasteiger partial charge in [-0.05, 0) is 62.8 Å². The molecule has 0 saturated carbocycles. The van der Waals surface area contributed by atoms with Gasteiger partial charge in [-0.15, -0.1) is 0 Å². The van der Waals surface area contributed by atoms with Crippen molar-refractivity contribution in [2.75, 3.05) is 19.6 Å². The van der Waals surface area contributed by atoms with Crippen LogP contribution in [0, 0.1) is 0 Å². The molecule has 0 aliphatic carbocycles. The highest BCUT2D eigenvalue weighted by molar-refractivity contribution is 5.95. The number of amides is 5. The average Bonchev–Trinajstić information content (AvgIpc) is 3.81. The van der Waals surface area contributed by atoms with Crippen LogP contribution < -0.4 is 32.7 Å². The maximum atomic E-state index is 13.7. The number of carboxylic acid groups (broad SMARTS) is 2. The molecule has 19 nitrogen and oxygen atoms in total. The molecule has 2 heterocycles. The number of phenolic OH excluding ortho intramolecular Hbond substituents is 1. The summed E-state index contributed by atoms with van der Waals surface area (Å²) in [6.07, 6.45) is 4.00. The number of aromatic hydroxyl groups is 1. The molecule has 19 heteroatoms. The first-order chi connectivity index (χ1) is 24.8. The summed E-state index contributed by atoms with van der Waals surface area (Å²) < 4.78 is 0.